The van der Waals surface area contributed by atoms with Gasteiger partial charge in [-0.05, 0) is 68.3 Å². The molecule has 1 saturated carbocycles. The zero-order valence-electron chi connectivity index (χ0n) is 21.5. The van der Waals surface area contributed by atoms with Gasteiger partial charge in [0.15, 0.2) is 5.82 Å². The van der Waals surface area contributed by atoms with Gasteiger partial charge in [-0.3, -0.25) is 4.79 Å². The zero-order valence-corrected chi connectivity index (χ0v) is 21.5. The predicted molar refractivity (Wildman–Crippen MR) is 136 cm³/mol. The molecule has 0 spiro atoms. The number of hydrogen-bond acceptors (Lipinski definition) is 6. The molecule has 0 aromatic carbocycles. The number of carbonyl (C=O) groups excluding carboxylic acids is 1. The number of nitrogens with one attached hydrogen (secondary N) is 1. The van der Waals surface area contributed by atoms with Crippen LogP contribution in [0.2, 0.25) is 0 Å². The molecule has 196 valence electrons. The lowest BCUT2D eigenvalue weighted by atomic mass is 9.90. The van der Waals surface area contributed by atoms with Gasteiger partial charge in [0, 0.05) is 37.5 Å². The Balaban J connectivity index is 0.999. The number of hydrogen-bond donors (Lipinski definition) is 1. The maximum atomic E-state index is 14.6. The van der Waals surface area contributed by atoms with Gasteiger partial charge in [-0.25, -0.2) is 4.39 Å². The Morgan fingerprint density at radius 2 is 2.11 bits per heavy atom. The molecule has 7 nitrogen and oxygen atoms in total. The molecule has 2 heterocycles. The second-order valence-corrected chi connectivity index (χ2v) is 11.1. The number of aromatic nitrogens is 2. The second-order valence-electron chi connectivity index (χ2n) is 11.1. The van der Waals surface area contributed by atoms with Gasteiger partial charge in [-0.2, -0.15) is 4.98 Å². The molecule has 1 unspecified atom stereocenters. The van der Waals surface area contributed by atoms with E-state index in [1.54, 1.807) is 0 Å². The zero-order chi connectivity index (χ0) is 25.1. The molecule has 2 fully saturated rings. The minimum absolute atomic E-state index is 0.0984. The molecule has 3 atom stereocenters. The first-order valence-corrected chi connectivity index (χ1v) is 13.7. The minimum Gasteiger partial charge on any atom is -0.498 e. The van der Waals surface area contributed by atoms with Crippen molar-refractivity contribution in [3.05, 3.63) is 41.2 Å². The Morgan fingerprint density at radius 1 is 1.28 bits per heavy atom. The fraction of sp³-hybridized carbons (Fsp3) is 0.679. The van der Waals surface area contributed by atoms with Gasteiger partial charge in [-0.15, -0.1) is 0 Å². The fourth-order valence-electron chi connectivity index (χ4n) is 5.83. The predicted octanol–water partition coefficient (Wildman–Crippen LogP) is 5.58. The third-order valence-corrected chi connectivity index (χ3v) is 8.15. The standard InChI is InChI=1S/C28H39FN4O3/c1-18(2)27-31-28(36-32-27)33-12-9-19(10-13-33)24-15-20(24)11-14-35-23-8-7-21(25(29)17-23)16-26(34)30-22-5-3-4-6-22/h3,5,17-20,22,24H,4,6-16H2,1-2H3,(H,30,34)/t20-,22?,24-/m1/s1. The van der Waals surface area contributed by atoms with Crippen molar-refractivity contribution in [2.75, 3.05) is 24.6 Å². The molecule has 0 radical (unpaired) electrons. The van der Waals surface area contributed by atoms with Crippen molar-refractivity contribution < 1.29 is 18.4 Å². The number of rotatable bonds is 10. The summed E-state index contributed by atoms with van der Waals surface area (Å²) in [6.07, 6.45) is 13.5. The maximum absolute atomic E-state index is 14.6. The van der Waals surface area contributed by atoms with E-state index in [-0.39, 0.29) is 30.1 Å². The van der Waals surface area contributed by atoms with Gasteiger partial charge >= 0.3 is 6.01 Å². The lowest BCUT2D eigenvalue weighted by molar-refractivity contribution is -0.120. The molecule has 5 rings (SSSR count). The molecule has 1 aliphatic heterocycles. The Kier molecular flexibility index (Phi) is 7.77. The molecular weight excluding hydrogens is 459 g/mol. The molecule has 1 aromatic heterocycles. The number of anilines is 1. The first-order valence-electron chi connectivity index (χ1n) is 13.7. The van der Waals surface area contributed by atoms with Gasteiger partial charge < -0.3 is 19.5 Å². The number of piperidine rings is 1. The summed E-state index contributed by atoms with van der Waals surface area (Å²) in [7, 11) is 0. The number of carbonyl (C=O) groups is 1. The van der Waals surface area contributed by atoms with Crippen molar-refractivity contribution in [2.45, 2.75) is 83.6 Å². The number of halogens is 1. The monoisotopic (exact) mass is 498 g/mol. The Labute approximate surface area is 213 Å². The van der Waals surface area contributed by atoms with Crippen LogP contribution in [0.25, 0.3) is 0 Å². The van der Waals surface area contributed by atoms with Crippen molar-refractivity contribution in [3.63, 3.8) is 0 Å². The maximum Gasteiger partial charge on any atom is 0.324 e. The highest BCUT2D eigenvalue weighted by atomic mass is 19.1. The van der Waals surface area contributed by atoms with Crippen LogP contribution in [0.15, 0.2) is 39.9 Å². The molecular formula is C28H39FN4O3. The van der Waals surface area contributed by atoms with Crippen molar-refractivity contribution in [3.8, 4) is 0 Å². The van der Waals surface area contributed by atoms with Gasteiger partial charge in [0.25, 0.3) is 0 Å². The number of nitrogens with zero attached hydrogens (tertiary/aromatic N) is 3. The molecule has 1 N–H and O–H groups in total. The van der Waals surface area contributed by atoms with Gasteiger partial charge in [-0.1, -0.05) is 31.2 Å². The van der Waals surface area contributed by atoms with Gasteiger partial charge in [0.05, 0.1) is 18.8 Å². The van der Waals surface area contributed by atoms with Crippen molar-refractivity contribution >= 4 is 11.9 Å². The van der Waals surface area contributed by atoms with Crippen LogP contribution in [-0.2, 0) is 9.53 Å². The van der Waals surface area contributed by atoms with Crippen LogP contribution in [0.5, 0.6) is 0 Å². The van der Waals surface area contributed by atoms with Crippen LogP contribution in [0.4, 0.5) is 10.4 Å². The smallest absolute Gasteiger partial charge is 0.324 e. The Hall–Kier alpha value is -2.64. The van der Waals surface area contributed by atoms with Crippen LogP contribution >= 0.6 is 0 Å². The van der Waals surface area contributed by atoms with Gasteiger partial charge in [0.1, 0.15) is 5.83 Å². The summed E-state index contributed by atoms with van der Waals surface area (Å²) < 4.78 is 26.0. The highest BCUT2D eigenvalue weighted by molar-refractivity contribution is 5.79. The van der Waals surface area contributed by atoms with Crippen LogP contribution < -0.4 is 10.2 Å². The van der Waals surface area contributed by atoms with E-state index in [1.807, 2.05) is 6.08 Å². The lowest BCUT2D eigenvalue weighted by Crippen LogP contribution is -2.34. The van der Waals surface area contributed by atoms with E-state index in [4.69, 9.17) is 9.26 Å². The van der Waals surface area contributed by atoms with Crippen LogP contribution in [0.3, 0.4) is 0 Å². The summed E-state index contributed by atoms with van der Waals surface area (Å²) in [5, 5.41) is 7.06. The first-order chi connectivity index (χ1) is 17.5. The second kappa shape index (κ2) is 11.2. The third kappa shape index (κ3) is 6.19. The highest BCUT2D eigenvalue weighted by Crippen LogP contribution is 2.50. The van der Waals surface area contributed by atoms with Gasteiger partial charge in [0.2, 0.25) is 5.91 Å². The van der Waals surface area contributed by atoms with E-state index in [2.05, 4.69) is 40.3 Å². The van der Waals surface area contributed by atoms with Crippen molar-refractivity contribution in [1.29, 1.82) is 0 Å². The number of ether oxygens (including phenoxy) is 1. The topological polar surface area (TPSA) is 80.5 Å². The van der Waals surface area contributed by atoms with Crippen molar-refractivity contribution in [2.24, 2.45) is 17.8 Å². The minimum atomic E-state index is -0.300. The number of amides is 1. The Morgan fingerprint density at radius 3 is 2.81 bits per heavy atom. The Bertz CT molecular complexity index is 1020. The number of allylic oxidation sites excluding steroid dienone is 4. The fourth-order valence-corrected chi connectivity index (χ4v) is 5.83. The molecule has 1 saturated heterocycles. The van der Waals surface area contributed by atoms with Crippen LogP contribution in [0.1, 0.15) is 83.4 Å². The summed E-state index contributed by atoms with van der Waals surface area (Å²) >= 11 is 0. The van der Waals surface area contributed by atoms with Crippen molar-refractivity contribution in [1.82, 2.24) is 15.5 Å². The van der Waals surface area contributed by atoms with E-state index in [0.29, 0.717) is 42.7 Å². The molecule has 36 heavy (non-hydrogen) atoms. The largest absolute Gasteiger partial charge is 0.498 e. The van der Waals surface area contributed by atoms with E-state index >= 15 is 0 Å². The highest BCUT2D eigenvalue weighted by Gasteiger charge is 2.43. The molecule has 1 amide bonds. The van der Waals surface area contributed by atoms with E-state index < -0.39 is 0 Å². The molecule has 1 aromatic rings. The third-order valence-electron chi connectivity index (χ3n) is 8.15. The average Bonchev–Trinajstić information content (AvgIpc) is 3.22. The molecule has 3 aliphatic carbocycles. The molecule has 8 heteroatoms. The lowest BCUT2D eigenvalue weighted by Gasteiger charge is -2.30. The average molecular weight is 499 g/mol. The van der Waals surface area contributed by atoms with Crippen LogP contribution in [-0.4, -0.2) is 41.8 Å². The van der Waals surface area contributed by atoms with Crippen LogP contribution in [0, 0.1) is 17.8 Å². The van der Waals surface area contributed by atoms with E-state index in [0.717, 1.165) is 62.9 Å². The molecule has 4 aliphatic rings. The molecule has 0 bridgehead atoms. The first kappa shape index (κ1) is 25.0. The normalized spacial score (nSPS) is 26.5. The SMILES string of the molecule is CC(C)c1noc(N2CCC([C@H]3C[C@H]3CCOC3=CC(F)=C(CC(=O)NC4C=CCC4)CC3)CC2)n1. The van der Waals surface area contributed by atoms with E-state index in [9.17, 15) is 9.18 Å². The summed E-state index contributed by atoms with van der Waals surface area (Å²) in [5.41, 5.74) is 0.580. The van der Waals surface area contributed by atoms with E-state index in [1.165, 1.54) is 12.5 Å². The summed E-state index contributed by atoms with van der Waals surface area (Å²) in [5.74, 6) is 3.61. The summed E-state index contributed by atoms with van der Waals surface area (Å²) in [6.45, 7) is 6.73. The summed E-state index contributed by atoms with van der Waals surface area (Å²) in [6, 6.07) is 0.760. The summed E-state index contributed by atoms with van der Waals surface area (Å²) in [4.78, 5) is 19.0. The quantitative estimate of drug-likeness (QED) is 0.424.